The first-order valence-corrected chi connectivity index (χ1v) is 5.63. The van der Waals surface area contributed by atoms with Crippen LogP contribution in [0.25, 0.3) is 0 Å². The molecule has 0 radical (unpaired) electrons. The van der Waals surface area contributed by atoms with E-state index >= 15 is 0 Å². The molecule has 86 valence electrons. The van der Waals surface area contributed by atoms with Crippen molar-refractivity contribution >= 4 is 0 Å². The van der Waals surface area contributed by atoms with E-state index in [2.05, 4.69) is 40.2 Å². The molecule has 0 unspecified atom stereocenters. The fraction of sp³-hybridized carbons (Fsp3) is 0.417. The van der Waals surface area contributed by atoms with Crippen LogP contribution in [-0.2, 0) is 26.7 Å². The van der Waals surface area contributed by atoms with Gasteiger partial charge in [-0.1, -0.05) is 0 Å². The average molecular weight is 218 g/mol. The minimum Gasteiger partial charge on any atom is -0.351 e. The highest BCUT2D eigenvalue weighted by Crippen LogP contribution is 2.02. The fourth-order valence-electron chi connectivity index (χ4n) is 1.79. The van der Waals surface area contributed by atoms with E-state index in [9.17, 15) is 0 Å². The van der Waals surface area contributed by atoms with Crippen LogP contribution in [0.5, 0.6) is 0 Å². The summed E-state index contributed by atoms with van der Waals surface area (Å²) in [6.07, 6.45) is 4.07. The number of rotatable bonds is 5. The van der Waals surface area contributed by atoms with Crippen molar-refractivity contribution in [2.24, 2.45) is 7.05 Å². The molecule has 0 aliphatic rings. The molecule has 0 spiro atoms. The van der Waals surface area contributed by atoms with Gasteiger partial charge >= 0.3 is 0 Å². The molecule has 0 saturated heterocycles. The highest BCUT2D eigenvalue weighted by Gasteiger charge is 2.00. The summed E-state index contributed by atoms with van der Waals surface area (Å²) in [7, 11) is 1.94. The van der Waals surface area contributed by atoms with E-state index in [-0.39, 0.29) is 0 Å². The first-order chi connectivity index (χ1) is 7.79. The van der Waals surface area contributed by atoms with E-state index < -0.39 is 0 Å². The summed E-state index contributed by atoms with van der Waals surface area (Å²) in [4.78, 5) is 0. The lowest BCUT2D eigenvalue weighted by atomic mass is 10.4. The Morgan fingerprint density at radius 3 is 2.81 bits per heavy atom. The lowest BCUT2D eigenvalue weighted by Crippen LogP contribution is -2.15. The third-order valence-corrected chi connectivity index (χ3v) is 2.65. The summed E-state index contributed by atoms with van der Waals surface area (Å²) in [6, 6.07) is 6.27. The fourth-order valence-corrected chi connectivity index (χ4v) is 1.79. The highest BCUT2D eigenvalue weighted by molar-refractivity contribution is 5.07. The molecule has 0 bridgehead atoms. The zero-order chi connectivity index (χ0) is 11.4. The molecule has 0 saturated carbocycles. The van der Waals surface area contributed by atoms with Gasteiger partial charge in [0.05, 0.1) is 5.69 Å². The number of aromatic nitrogens is 3. The van der Waals surface area contributed by atoms with Crippen LogP contribution in [-0.4, -0.2) is 14.3 Å². The Morgan fingerprint density at radius 1 is 1.25 bits per heavy atom. The minimum atomic E-state index is 0.815. The first kappa shape index (κ1) is 11.0. The van der Waals surface area contributed by atoms with Gasteiger partial charge in [-0.3, -0.25) is 4.68 Å². The Kier molecular flexibility index (Phi) is 3.41. The molecular formula is C12H18N4. The largest absolute Gasteiger partial charge is 0.351 e. The molecule has 0 atom stereocenters. The molecule has 0 fully saturated rings. The Balaban J connectivity index is 1.84. The molecule has 2 heterocycles. The monoisotopic (exact) mass is 218 g/mol. The Bertz CT molecular complexity index is 441. The van der Waals surface area contributed by atoms with Gasteiger partial charge in [0, 0.05) is 44.8 Å². The van der Waals surface area contributed by atoms with Gasteiger partial charge < -0.3 is 9.88 Å². The summed E-state index contributed by atoms with van der Waals surface area (Å²) in [5.41, 5.74) is 2.40. The second-order valence-electron chi connectivity index (χ2n) is 3.87. The average Bonchev–Trinajstić information content (AvgIpc) is 2.87. The number of hydrogen-bond acceptors (Lipinski definition) is 2. The third-order valence-electron chi connectivity index (χ3n) is 2.65. The molecule has 0 amide bonds. The molecule has 4 heteroatoms. The molecular weight excluding hydrogens is 200 g/mol. The van der Waals surface area contributed by atoms with Gasteiger partial charge in [0.25, 0.3) is 0 Å². The lowest BCUT2D eigenvalue weighted by Gasteiger charge is -2.06. The van der Waals surface area contributed by atoms with E-state index in [1.165, 1.54) is 5.69 Å². The molecule has 0 aromatic carbocycles. The molecule has 2 aromatic rings. The van der Waals surface area contributed by atoms with Crippen molar-refractivity contribution < 1.29 is 0 Å². The molecule has 16 heavy (non-hydrogen) atoms. The molecule has 4 nitrogen and oxygen atoms in total. The minimum absolute atomic E-state index is 0.815. The van der Waals surface area contributed by atoms with Crippen LogP contribution < -0.4 is 5.32 Å². The molecule has 2 aromatic heterocycles. The van der Waals surface area contributed by atoms with E-state index in [0.29, 0.717) is 0 Å². The van der Waals surface area contributed by atoms with Crippen LogP contribution in [0, 0.1) is 0 Å². The predicted molar refractivity (Wildman–Crippen MR) is 63.9 cm³/mol. The van der Waals surface area contributed by atoms with Gasteiger partial charge in [0.15, 0.2) is 0 Å². The maximum Gasteiger partial charge on any atom is 0.0762 e. The highest BCUT2D eigenvalue weighted by atomic mass is 15.3. The van der Waals surface area contributed by atoms with Crippen LogP contribution in [0.2, 0.25) is 0 Å². The summed E-state index contributed by atoms with van der Waals surface area (Å²) >= 11 is 0. The normalized spacial score (nSPS) is 10.9. The maximum atomic E-state index is 4.32. The van der Waals surface area contributed by atoms with Crippen molar-refractivity contribution in [2.45, 2.75) is 26.6 Å². The number of nitrogens with zero attached hydrogens (tertiary/aromatic N) is 3. The topological polar surface area (TPSA) is 34.8 Å². The Labute approximate surface area is 95.9 Å². The van der Waals surface area contributed by atoms with Crippen molar-refractivity contribution in [2.75, 3.05) is 0 Å². The van der Waals surface area contributed by atoms with E-state index in [1.54, 1.807) is 0 Å². The molecule has 0 aliphatic carbocycles. The van der Waals surface area contributed by atoms with Gasteiger partial charge in [-0.2, -0.15) is 5.10 Å². The van der Waals surface area contributed by atoms with Crippen molar-refractivity contribution in [1.29, 1.82) is 0 Å². The van der Waals surface area contributed by atoms with Crippen LogP contribution in [0.3, 0.4) is 0 Å². The summed E-state index contributed by atoms with van der Waals surface area (Å²) in [5.74, 6) is 0. The molecule has 2 rings (SSSR count). The standard InChI is InChI=1S/C12H18N4/c1-3-16-7-4-5-12(16)10-13-9-11-6-8-15(2)14-11/h4-8,13H,3,9-10H2,1-2H3. The summed E-state index contributed by atoms with van der Waals surface area (Å²) < 4.78 is 4.07. The zero-order valence-corrected chi connectivity index (χ0v) is 9.85. The summed E-state index contributed by atoms with van der Waals surface area (Å²) in [6.45, 7) is 4.88. The Morgan fingerprint density at radius 2 is 2.12 bits per heavy atom. The number of nitrogens with one attached hydrogen (secondary N) is 1. The third kappa shape index (κ3) is 2.52. The van der Waals surface area contributed by atoms with Crippen LogP contribution in [0.1, 0.15) is 18.3 Å². The van der Waals surface area contributed by atoms with Crippen LogP contribution >= 0.6 is 0 Å². The molecule has 0 aliphatic heterocycles. The van der Waals surface area contributed by atoms with Crippen LogP contribution in [0.4, 0.5) is 0 Å². The first-order valence-electron chi connectivity index (χ1n) is 5.63. The quantitative estimate of drug-likeness (QED) is 0.826. The second-order valence-corrected chi connectivity index (χ2v) is 3.87. The van der Waals surface area contributed by atoms with Gasteiger partial charge in [0.2, 0.25) is 0 Å². The van der Waals surface area contributed by atoms with Gasteiger partial charge in [-0.05, 0) is 25.1 Å². The lowest BCUT2D eigenvalue weighted by molar-refractivity contribution is 0.614. The van der Waals surface area contributed by atoms with E-state index in [4.69, 9.17) is 0 Å². The Hall–Kier alpha value is -1.55. The number of hydrogen-bond donors (Lipinski definition) is 1. The van der Waals surface area contributed by atoms with E-state index in [0.717, 1.165) is 25.3 Å². The predicted octanol–water partition coefficient (Wildman–Crippen LogP) is 1.53. The SMILES string of the molecule is CCn1cccc1CNCc1ccn(C)n1. The second kappa shape index (κ2) is 4.99. The van der Waals surface area contributed by atoms with Gasteiger partial charge in [-0.15, -0.1) is 0 Å². The zero-order valence-electron chi connectivity index (χ0n) is 9.85. The van der Waals surface area contributed by atoms with Crippen molar-refractivity contribution in [3.8, 4) is 0 Å². The van der Waals surface area contributed by atoms with Gasteiger partial charge in [-0.25, -0.2) is 0 Å². The molecule has 1 N–H and O–H groups in total. The van der Waals surface area contributed by atoms with Crippen molar-refractivity contribution in [1.82, 2.24) is 19.7 Å². The van der Waals surface area contributed by atoms with E-state index in [1.807, 2.05) is 24.0 Å². The van der Waals surface area contributed by atoms with Gasteiger partial charge in [0.1, 0.15) is 0 Å². The summed E-state index contributed by atoms with van der Waals surface area (Å²) in [5, 5.41) is 7.71. The van der Waals surface area contributed by atoms with Crippen LogP contribution in [0.15, 0.2) is 30.6 Å². The number of aryl methyl sites for hydroxylation is 2. The maximum absolute atomic E-state index is 4.32. The van der Waals surface area contributed by atoms with Crippen molar-refractivity contribution in [3.63, 3.8) is 0 Å². The smallest absolute Gasteiger partial charge is 0.0762 e. The van der Waals surface area contributed by atoms with Crippen molar-refractivity contribution in [3.05, 3.63) is 42.0 Å².